The highest BCUT2D eigenvalue weighted by Crippen LogP contribution is 2.27. The van der Waals surface area contributed by atoms with E-state index in [9.17, 15) is 9.59 Å². The lowest BCUT2D eigenvalue weighted by Crippen LogP contribution is -2.36. The summed E-state index contributed by atoms with van der Waals surface area (Å²) in [5.41, 5.74) is -0.0870. The summed E-state index contributed by atoms with van der Waals surface area (Å²) in [5.74, 6) is -0.267. The molecule has 22 heavy (non-hydrogen) atoms. The quantitative estimate of drug-likeness (QED) is 0.873. The number of likely N-dealkylation sites (tertiary alicyclic amines) is 1. The summed E-state index contributed by atoms with van der Waals surface area (Å²) in [6.07, 6.45) is 2.41. The van der Waals surface area contributed by atoms with Gasteiger partial charge >= 0.3 is 0 Å². The number of aromatic nitrogens is 2. The van der Waals surface area contributed by atoms with Crippen LogP contribution in [-0.2, 0) is 0 Å². The van der Waals surface area contributed by atoms with Crippen LogP contribution in [0.5, 0.6) is 0 Å². The Kier molecular flexibility index (Phi) is 4.65. The normalized spacial score (nSPS) is 16.5. The molecule has 0 unspecified atom stereocenters. The van der Waals surface area contributed by atoms with Crippen LogP contribution in [0, 0.1) is 0 Å². The number of hydrogen-bond acceptors (Lipinski definition) is 5. The lowest BCUT2D eigenvalue weighted by molar-refractivity contribution is 0.0932. The highest BCUT2D eigenvalue weighted by molar-refractivity contribution is 7.10. The third kappa shape index (κ3) is 3.42. The van der Waals surface area contributed by atoms with Gasteiger partial charge in [-0.05, 0) is 43.4 Å². The second-order valence-electron chi connectivity index (χ2n) is 5.29. The zero-order valence-electron chi connectivity index (χ0n) is 12.1. The van der Waals surface area contributed by atoms with Crippen molar-refractivity contribution in [3.63, 3.8) is 0 Å². The number of nitrogens with one attached hydrogen (secondary N) is 2. The van der Waals surface area contributed by atoms with E-state index in [1.54, 1.807) is 11.3 Å². The third-order valence-electron chi connectivity index (χ3n) is 3.82. The van der Waals surface area contributed by atoms with Gasteiger partial charge in [-0.15, -0.1) is 11.3 Å². The first-order valence-electron chi connectivity index (χ1n) is 7.35. The Labute approximate surface area is 132 Å². The third-order valence-corrected chi connectivity index (χ3v) is 4.79. The van der Waals surface area contributed by atoms with E-state index in [-0.39, 0.29) is 23.2 Å². The summed E-state index contributed by atoms with van der Waals surface area (Å²) in [4.78, 5) is 26.8. The molecular formula is C15H18N4O2S. The lowest BCUT2D eigenvalue weighted by atomic mass is 10.2. The number of amides is 1. The molecule has 1 aliphatic heterocycles. The minimum atomic E-state index is -0.315. The van der Waals surface area contributed by atoms with Gasteiger partial charge in [0.15, 0.2) is 0 Å². The maximum atomic E-state index is 12.1. The van der Waals surface area contributed by atoms with Gasteiger partial charge in [0.05, 0.1) is 6.04 Å². The van der Waals surface area contributed by atoms with Crippen molar-refractivity contribution < 1.29 is 4.79 Å². The van der Waals surface area contributed by atoms with Crippen LogP contribution in [0.4, 0.5) is 0 Å². The minimum Gasteiger partial charge on any atom is -0.349 e. The monoisotopic (exact) mass is 318 g/mol. The zero-order chi connectivity index (χ0) is 15.4. The molecule has 2 N–H and O–H groups in total. The molecule has 2 aromatic heterocycles. The summed E-state index contributed by atoms with van der Waals surface area (Å²) in [7, 11) is 0. The van der Waals surface area contributed by atoms with Crippen LogP contribution in [0.15, 0.2) is 34.4 Å². The zero-order valence-corrected chi connectivity index (χ0v) is 12.9. The van der Waals surface area contributed by atoms with E-state index in [0.717, 1.165) is 13.1 Å². The van der Waals surface area contributed by atoms with E-state index in [1.165, 1.54) is 29.9 Å². The number of thiophene rings is 1. The molecule has 0 spiro atoms. The number of carbonyl (C=O) groups excluding carboxylic acids is 1. The summed E-state index contributed by atoms with van der Waals surface area (Å²) >= 11 is 1.71. The van der Waals surface area contributed by atoms with E-state index in [2.05, 4.69) is 31.9 Å². The molecule has 7 heteroatoms. The molecule has 2 aromatic rings. The van der Waals surface area contributed by atoms with E-state index in [0.29, 0.717) is 6.54 Å². The van der Waals surface area contributed by atoms with Gasteiger partial charge in [-0.3, -0.25) is 14.5 Å². The summed E-state index contributed by atoms with van der Waals surface area (Å²) in [5, 5.41) is 11.0. The molecule has 1 fully saturated rings. The molecule has 1 atom stereocenters. The smallest absolute Gasteiger partial charge is 0.271 e. The van der Waals surface area contributed by atoms with Gasteiger partial charge in [-0.25, -0.2) is 5.10 Å². The van der Waals surface area contributed by atoms with Crippen LogP contribution in [-0.4, -0.2) is 40.6 Å². The predicted molar refractivity (Wildman–Crippen MR) is 85.1 cm³/mol. The molecule has 116 valence electrons. The van der Waals surface area contributed by atoms with Crippen LogP contribution >= 0.6 is 11.3 Å². The fourth-order valence-electron chi connectivity index (χ4n) is 2.69. The Morgan fingerprint density at radius 2 is 2.18 bits per heavy atom. The molecule has 3 heterocycles. The average molecular weight is 318 g/mol. The van der Waals surface area contributed by atoms with Crippen molar-refractivity contribution in [1.29, 1.82) is 0 Å². The summed E-state index contributed by atoms with van der Waals surface area (Å²) < 4.78 is 0. The SMILES string of the molecule is O=C(NC[C@@H](c1cccs1)N1CCCC1)c1ccc(=O)[nH]n1. The standard InChI is InChI=1S/C15H18N4O2S/c20-14-6-5-11(17-18-14)15(21)16-10-12(13-4-3-9-22-13)19-7-1-2-8-19/h3-6,9,12H,1-2,7-8,10H2,(H,16,21)(H,18,20)/t12-/m0/s1. The van der Waals surface area contributed by atoms with Crippen LogP contribution in [0.1, 0.15) is 34.2 Å². The van der Waals surface area contributed by atoms with Crippen molar-refractivity contribution in [2.45, 2.75) is 18.9 Å². The van der Waals surface area contributed by atoms with Crippen molar-refractivity contribution >= 4 is 17.2 Å². The van der Waals surface area contributed by atoms with Gasteiger partial charge < -0.3 is 5.32 Å². The first-order chi connectivity index (χ1) is 10.7. The number of nitrogens with zero attached hydrogens (tertiary/aromatic N) is 2. The van der Waals surface area contributed by atoms with Crippen LogP contribution < -0.4 is 10.9 Å². The molecular weight excluding hydrogens is 300 g/mol. The number of rotatable bonds is 5. The average Bonchev–Trinajstić information content (AvgIpc) is 3.22. The Morgan fingerprint density at radius 3 is 2.82 bits per heavy atom. The predicted octanol–water partition coefficient (Wildman–Crippen LogP) is 1.40. The van der Waals surface area contributed by atoms with Gasteiger partial charge in [0.25, 0.3) is 11.5 Å². The van der Waals surface area contributed by atoms with Crippen molar-refractivity contribution in [3.05, 3.63) is 50.6 Å². The minimum absolute atomic E-state index is 0.203. The second kappa shape index (κ2) is 6.85. The first kappa shape index (κ1) is 14.9. The molecule has 1 aliphatic rings. The van der Waals surface area contributed by atoms with Crippen molar-refractivity contribution in [3.8, 4) is 0 Å². The number of aromatic amines is 1. The van der Waals surface area contributed by atoms with Gasteiger partial charge in [-0.2, -0.15) is 5.10 Å². The molecule has 0 saturated carbocycles. The van der Waals surface area contributed by atoms with Crippen LogP contribution in [0.3, 0.4) is 0 Å². The van der Waals surface area contributed by atoms with Crippen molar-refractivity contribution in [2.24, 2.45) is 0 Å². The maximum Gasteiger partial charge on any atom is 0.271 e. The van der Waals surface area contributed by atoms with Crippen LogP contribution in [0.25, 0.3) is 0 Å². The van der Waals surface area contributed by atoms with E-state index < -0.39 is 0 Å². The molecule has 0 aromatic carbocycles. The van der Waals surface area contributed by atoms with Crippen molar-refractivity contribution in [2.75, 3.05) is 19.6 Å². The molecule has 6 nitrogen and oxygen atoms in total. The number of hydrogen-bond donors (Lipinski definition) is 2. The van der Waals surface area contributed by atoms with Crippen molar-refractivity contribution in [1.82, 2.24) is 20.4 Å². The summed E-state index contributed by atoms with van der Waals surface area (Å²) in [6.45, 7) is 2.67. The molecule has 0 aliphatic carbocycles. The number of H-pyrrole nitrogens is 1. The Morgan fingerprint density at radius 1 is 1.36 bits per heavy atom. The highest BCUT2D eigenvalue weighted by Gasteiger charge is 2.24. The van der Waals surface area contributed by atoms with E-state index >= 15 is 0 Å². The number of carbonyl (C=O) groups is 1. The fourth-order valence-corrected chi connectivity index (χ4v) is 3.56. The molecule has 1 saturated heterocycles. The molecule has 0 bridgehead atoms. The first-order valence-corrected chi connectivity index (χ1v) is 8.23. The van der Waals surface area contributed by atoms with E-state index in [4.69, 9.17) is 0 Å². The van der Waals surface area contributed by atoms with Gasteiger partial charge in [0.1, 0.15) is 5.69 Å². The second-order valence-corrected chi connectivity index (χ2v) is 6.27. The fraction of sp³-hybridized carbons (Fsp3) is 0.400. The van der Waals surface area contributed by atoms with Gasteiger partial charge in [-0.1, -0.05) is 6.07 Å². The summed E-state index contributed by atoms with van der Waals surface area (Å²) in [6, 6.07) is 7.09. The Bertz CT molecular complexity index is 657. The molecule has 0 radical (unpaired) electrons. The maximum absolute atomic E-state index is 12.1. The van der Waals surface area contributed by atoms with Gasteiger partial charge in [0.2, 0.25) is 0 Å². The highest BCUT2D eigenvalue weighted by atomic mass is 32.1. The van der Waals surface area contributed by atoms with Crippen LogP contribution in [0.2, 0.25) is 0 Å². The largest absolute Gasteiger partial charge is 0.349 e. The van der Waals surface area contributed by atoms with E-state index in [1.807, 2.05) is 6.07 Å². The lowest BCUT2D eigenvalue weighted by Gasteiger charge is -2.26. The Hall–Kier alpha value is -1.99. The topological polar surface area (TPSA) is 78.1 Å². The Balaban J connectivity index is 1.67. The molecule has 3 rings (SSSR count). The van der Waals surface area contributed by atoms with Gasteiger partial charge in [0, 0.05) is 17.5 Å². The molecule has 1 amide bonds.